The molecule has 2 heterocycles. The predicted octanol–water partition coefficient (Wildman–Crippen LogP) is 4.32. The van der Waals surface area contributed by atoms with Crippen molar-refractivity contribution < 1.29 is 9.59 Å². The molecule has 3 aromatic rings. The number of carbonyl (C=O) groups excluding carboxylic acids is 2. The summed E-state index contributed by atoms with van der Waals surface area (Å²) < 4.78 is 0. The zero-order valence-electron chi connectivity index (χ0n) is 16.6. The predicted molar refractivity (Wildman–Crippen MR) is 113 cm³/mol. The third kappa shape index (κ3) is 3.74. The van der Waals surface area contributed by atoms with Crippen LogP contribution in [0.25, 0.3) is 0 Å². The summed E-state index contributed by atoms with van der Waals surface area (Å²) in [5, 5.41) is 2.84. The number of hydrogen-bond acceptors (Lipinski definition) is 5. The van der Waals surface area contributed by atoms with Crippen LogP contribution in [0.1, 0.15) is 46.1 Å². The van der Waals surface area contributed by atoms with Gasteiger partial charge >= 0.3 is 0 Å². The van der Waals surface area contributed by atoms with Crippen LogP contribution < -0.4 is 10.2 Å². The molecular weight excluding hydrogens is 364 g/mol. The Labute approximate surface area is 169 Å². The third-order valence-corrected chi connectivity index (χ3v) is 5.06. The molecule has 0 bridgehead atoms. The molecule has 6 nitrogen and oxygen atoms in total. The highest BCUT2D eigenvalue weighted by Gasteiger charge is 2.28. The minimum Gasteiger partial charge on any atom is -0.323 e. The van der Waals surface area contributed by atoms with Gasteiger partial charge in [-0.3, -0.25) is 9.59 Å². The fourth-order valence-corrected chi connectivity index (χ4v) is 3.69. The smallest absolute Gasteiger partial charge is 0.274 e. The Morgan fingerprint density at radius 1 is 1.07 bits per heavy atom. The summed E-state index contributed by atoms with van der Waals surface area (Å²) >= 11 is 0. The summed E-state index contributed by atoms with van der Waals surface area (Å²) in [6, 6.07) is 17.0. The molecule has 0 radical (unpaired) electrons. The number of para-hydroxylation sites is 1. The maximum atomic E-state index is 12.8. The first kappa shape index (κ1) is 18.8. The van der Waals surface area contributed by atoms with E-state index in [4.69, 9.17) is 0 Å². The summed E-state index contributed by atoms with van der Waals surface area (Å²) in [4.78, 5) is 35.3. The van der Waals surface area contributed by atoms with E-state index in [1.165, 1.54) is 12.5 Å². The quantitative estimate of drug-likeness (QED) is 0.676. The van der Waals surface area contributed by atoms with E-state index in [1.54, 1.807) is 37.3 Å². The van der Waals surface area contributed by atoms with Gasteiger partial charge in [-0.25, -0.2) is 9.97 Å². The SMILES string of the molecule is CC(=O)c1ccc(NC(=O)c2cc(N3c4ccccc4CC3C)nc(C)n2)cc1. The van der Waals surface area contributed by atoms with Crippen molar-refractivity contribution in [2.24, 2.45) is 0 Å². The number of benzene rings is 2. The van der Waals surface area contributed by atoms with Crippen LogP contribution in [0.4, 0.5) is 17.2 Å². The molecule has 0 aliphatic carbocycles. The van der Waals surface area contributed by atoms with Crippen LogP contribution in [0, 0.1) is 6.92 Å². The fourth-order valence-electron chi connectivity index (χ4n) is 3.69. The van der Waals surface area contributed by atoms with Gasteiger partial charge in [-0.2, -0.15) is 0 Å². The fraction of sp³-hybridized carbons (Fsp3) is 0.217. The molecule has 0 saturated heterocycles. The highest BCUT2D eigenvalue weighted by Crippen LogP contribution is 2.37. The molecule has 1 unspecified atom stereocenters. The van der Waals surface area contributed by atoms with Crippen molar-refractivity contribution in [3.63, 3.8) is 0 Å². The topological polar surface area (TPSA) is 75.2 Å². The molecule has 1 aliphatic heterocycles. The molecule has 29 heavy (non-hydrogen) atoms. The van der Waals surface area contributed by atoms with Crippen LogP contribution in [0.3, 0.4) is 0 Å². The lowest BCUT2D eigenvalue weighted by atomic mass is 10.1. The second-order valence-electron chi connectivity index (χ2n) is 7.30. The van der Waals surface area contributed by atoms with Gasteiger partial charge in [0, 0.05) is 29.0 Å². The van der Waals surface area contributed by atoms with Crippen LogP contribution in [0.15, 0.2) is 54.6 Å². The van der Waals surface area contributed by atoms with Gasteiger partial charge in [0.2, 0.25) is 0 Å². The Bertz CT molecular complexity index is 1090. The molecule has 1 atom stereocenters. The Kier molecular flexibility index (Phi) is 4.84. The largest absolute Gasteiger partial charge is 0.323 e. The molecule has 2 aromatic carbocycles. The highest BCUT2D eigenvalue weighted by molar-refractivity contribution is 6.03. The second kappa shape index (κ2) is 7.47. The van der Waals surface area contributed by atoms with Crippen molar-refractivity contribution in [1.29, 1.82) is 0 Å². The van der Waals surface area contributed by atoms with Gasteiger partial charge < -0.3 is 10.2 Å². The maximum absolute atomic E-state index is 12.8. The van der Waals surface area contributed by atoms with Gasteiger partial charge in [0.25, 0.3) is 5.91 Å². The lowest BCUT2D eigenvalue weighted by Crippen LogP contribution is -2.26. The molecule has 1 N–H and O–H groups in total. The lowest BCUT2D eigenvalue weighted by molar-refractivity contribution is 0.101. The monoisotopic (exact) mass is 386 g/mol. The molecule has 0 spiro atoms. The van der Waals surface area contributed by atoms with E-state index in [0.29, 0.717) is 28.6 Å². The number of rotatable bonds is 4. The molecule has 6 heteroatoms. The maximum Gasteiger partial charge on any atom is 0.274 e. The molecule has 1 amide bonds. The number of anilines is 3. The van der Waals surface area contributed by atoms with E-state index < -0.39 is 0 Å². The van der Waals surface area contributed by atoms with Gasteiger partial charge in [0.1, 0.15) is 17.3 Å². The molecule has 146 valence electrons. The summed E-state index contributed by atoms with van der Waals surface area (Å²) in [6.07, 6.45) is 0.934. The zero-order chi connectivity index (χ0) is 20.5. The number of aryl methyl sites for hydroxylation is 1. The number of nitrogens with one attached hydrogen (secondary N) is 1. The zero-order valence-corrected chi connectivity index (χ0v) is 16.6. The van der Waals surface area contributed by atoms with E-state index in [-0.39, 0.29) is 17.7 Å². The van der Waals surface area contributed by atoms with Crippen molar-refractivity contribution in [3.8, 4) is 0 Å². The molecule has 1 aromatic heterocycles. The number of aromatic nitrogens is 2. The van der Waals surface area contributed by atoms with Gasteiger partial charge in [-0.05, 0) is 63.1 Å². The van der Waals surface area contributed by atoms with Gasteiger partial charge in [-0.1, -0.05) is 18.2 Å². The number of fused-ring (bicyclic) bond motifs is 1. The van der Waals surface area contributed by atoms with Gasteiger partial charge in [-0.15, -0.1) is 0 Å². The van der Waals surface area contributed by atoms with E-state index >= 15 is 0 Å². The van der Waals surface area contributed by atoms with E-state index in [9.17, 15) is 9.59 Å². The van der Waals surface area contributed by atoms with Gasteiger partial charge in [0.15, 0.2) is 5.78 Å². The van der Waals surface area contributed by atoms with Crippen molar-refractivity contribution in [3.05, 3.63) is 77.2 Å². The average molecular weight is 386 g/mol. The number of carbonyl (C=O) groups is 2. The first-order chi connectivity index (χ1) is 13.9. The summed E-state index contributed by atoms with van der Waals surface area (Å²) in [6.45, 7) is 5.44. The Morgan fingerprint density at radius 3 is 2.52 bits per heavy atom. The summed E-state index contributed by atoms with van der Waals surface area (Å²) in [5.74, 6) is 0.926. The van der Waals surface area contributed by atoms with E-state index in [0.717, 1.165) is 12.1 Å². The normalized spacial score (nSPS) is 15.1. The number of Topliss-reactive ketones (excluding diaryl/α,β-unsaturated/α-hetero) is 1. The number of nitrogens with zero attached hydrogens (tertiary/aromatic N) is 3. The van der Waals surface area contributed by atoms with Crippen LogP contribution in [-0.4, -0.2) is 27.7 Å². The van der Waals surface area contributed by atoms with Gasteiger partial charge in [0.05, 0.1) is 0 Å². The third-order valence-electron chi connectivity index (χ3n) is 5.06. The first-order valence-corrected chi connectivity index (χ1v) is 9.57. The lowest BCUT2D eigenvalue weighted by Gasteiger charge is -2.24. The second-order valence-corrected chi connectivity index (χ2v) is 7.30. The first-order valence-electron chi connectivity index (χ1n) is 9.57. The molecule has 0 saturated carbocycles. The molecule has 4 rings (SSSR count). The van der Waals surface area contributed by atoms with E-state index in [2.05, 4.69) is 39.2 Å². The van der Waals surface area contributed by atoms with Crippen LogP contribution in [-0.2, 0) is 6.42 Å². The molecular formula is C23H22N4O2. The summed E-state index contributed by atoms with van der Waals surface area (Å²) in [5.41, 5.74) is 3.90. The summed E-state index contributed by atoms with van der Waals surface area (Å²) in [7, 11) is 0. The average Bonchev–Trinajstić information content (AvgIpc) is 3.03. The standard InChI is InChI=1S/C23H22N4O2/c1-14-12-18-6-4-5-7-21(18)27(14)22-13-20(24-16(3)25-22)23(29)26-19-10-8-17(9-11-19)15(2)28/h4-11,13-14H,12H2,1-3H3,(H,26,29). The Morgan fingerprint density at radius 2 is 1.79 bits per heavy atom. The van der Waals surface area contributed by atoms with Crippen molar-refractivity contribution in [1.82, 2.24) is 9.97 Å². The van der Waals surface area contributed by atoms with E-state index in [1.807, 2.05) is 12.1 Å². The minimum absolute atomic E-state index is 0.0149. The van der Waals surface area contributed by atoms with Crippen LogP contribution in [0.5, 0.6) is 0 Å². The Balaban J connectivity index is 1.62. The van der Waals surface area contributed by atoms with Crippen LogP contribution >= 0.6 is 0 Å². The Hall–Kier alpha value is -3.54. The molecule has 0 fully saturated rings. The number of hydrogen-bond donors (Lipinski definition) is 1. The van der Waals surface area contributed by atoms with Crippen molar-refractivity contribution in [2.75, 3.05) is 10.2 Å². The number of ketones is 1. The van der Waals surface area contributed by atoms with Crippen molar-refractivity contribution >= 4 is 28.9 Å². The highest BCUT2D eigenvalue weighted by atomic mass is 16.2. The minimum atomic E-state index is -0.313. The molecule has 1 aliphatic rings. The van der Waals surface area contributed by atoms with Crippen molar-refractivity contribution in [2.45, 2.75) is 33.2 Å². The van der Waals surface area contributed by atoms with Crippen LogP contribution in [0.2, 0.25) is 0 Å². The number of amides is 1.